The maximum absolute atomic E-state index is 11.4. The highest BCUT2D eigenvalue weighted by Crippen LogP contribution is 2.23. The van der Waals surface area contributed by atoms with E-state index in [1.807, 2.05) is 20.8 Å². The van der Waals surface area contributed by atoms with Gasteiger partial charge in [-0.3, -0.25) is 4.99 Å². The quantitative estimate of drug-likeness (QED) is 0.322. The molecule has 0 bridgehead atoms. The van der Waals surface area contributed by atoms with E-state index in [-0.39, 0.29) is 24.0 Å². The zero-order valence-corrected chi connectivity index (χ0v) is 18.1. The highest BCUT2D eigenvalue weighted by Gasteiger charge is 2.23. The van der Waals surface area contributed by atoms with Crippen LogP contribution in [0.1, 0.15) is 53.4 Å². The third kappa shape index (κ3) is 10.4. The maximum Gasteiger partial charge on any atom is 0.209 e. The van der Waals surface area contributed by atoms with Crippen molar-refractivity contribution in [1.82, 2.24) is 15.4 Å². The van der Waals surface area contributed by atoms with Gasteiger partial charge in [-0.05, 0) is 39.5 Å². The van der Waals surface area contributed by atoms with Crippen molar-refractivity contribution in [3.63, 3.8) is 0 Å². The summed E-state index contributed by atoms with van der Waals surface area (Å²) in [5.74, 6) is 1.52. The number of nitrogens with zero attached hydrogens (tertiary/aromatic N) is 1. The van der Waals surface area contributed by atoms with Crippen molar-refractivity contribution >= 4 is 40.0 Å². The van der Waals surface area contributed by atoms with Gasteiger partial charge in [0, 0.05) is 18.1 Å². The lowest BCUT2D eigenvalue weighted by atomic mass is 9.87. The van der Waals surface area contributed by atoms with Crippen LogP contribution < -0.4 is 15.4 Å². The summed E-state index contributed by atoms with van der Waals surface area (Å²) in [5, 5.41) is 6.73. The predicted octanol–water partition coefficient (Wildman–Crippen LogP) is 2.07. The summed E-state index contributed by atoms with van der Waals surface area (Å²) in [4.78, 5) is 4.56. The van der Waals surface area contributed by atoms with Gasteiger partial charge >= 0.3 is 0 Å². The average molecular weight is 460 g/mol. The number of rotatable bonds is 6. The zero-order valence-electron chi connectivity index (χ0n) is 15.0. The molecule has 138 valence electrons. The lowest BCUT2D eigenvalue weighted by molar-refractivity contribution is 0.324. The molecule has 1 aliphatic carbocycles. The summed E-state index contributed by atoms with van der Waals surface area (Å²) in [7, 11) is -3.24. The zero-order chi connectivity index (χ0) is 16.8. The van der Waals surface area contributed by atoms with Gasteiger partial charge in [-0.2, -0.15) is 0 Å². The van der Waals surface area contributed by atoms with E-state index in [4.69, 9.17) is 0 Å². The van der Waals surface area contributed by atoms with E-state index in [0.29, 0.717) is 12.6 Å². The molecule has 0 heterocycles. The van der Waals surface area contributed by atoms with E-state index in [0.717, 1.165) is 24.8 Å². The molecule has 8 heteroatoms. The van der Waals surface area contributed by atoms with Crippen molar-refractivity contribution in [3.05, 3.63) is 0 Å². The van der Waals surface area contributed by atoms with E-state index in [1.165, 1.54) is 25.5 Å². The Morgan fingerprint density at radius 3 is 2.48 bits per heavy atom. The van der Waals surface area contributed by atoms with Crippen molar-refractivity contribution < 1.29 is 8.42 Å². The maximum atomic E-state index is 11.4. The number of nitrogens with one attached hydrogen (secondary N) is 3. The first-order valence-corrected chi connectivity index (χ1v) is 10.0. The Morgan fingerprint density at radius 1 is 1.30 bits per heavy atom. The first kappa shape index (κ1) is 22.9. The smallest absolute Gasteiger partial charge is 0.209 e. The minimum atomic E-state index is -3.24. The molecule has 0 radical (unpaired) electrons. The Hall–Kier alpha value is -0.0900. The fraction of sp³-hybridized carbons (Fsp3) is 0.933. The largest absolute Gasteiger partial charge is 0.357 e. The molecule has 1 aliphatic rings. The van der Waals surface area contributed by atoms with Crippen molar-refractivity contribution in [2.45, 2.75) is 65.0 Å². The Labute approximate surface area is 158 Å². The molecule has 1 saturated carbocycles. The molecular formula is C15H33IN4O2S. The molecule has 0 aromatic carbocycles. The summed E-state index contributed by atoms with van der Waals surface area (Å²) < 4.78 is 25.4. The molecule has 23 heavy (non-hydrogen) atoms. The van der Waals surface area contributed by atoms with Crippen LogP contribution in [-0.2, 0) is 10.0 Å². The minimum Gasteiger partial charge on any atom is -0.357 e. The van der Waals surface area contributed by atoms with Crippen LogP contribution >= 0.6 is 24.0 Å². The van der Waals surface area contributed by atoms with Crippen LogP contribution in [0.25, 0.3) is 0 Å². The van der Waals surface area contributed by atoms with Crippen molar-refractivity contribution in [2.24, 2.45) is 10.9 Å². The van der Waals surface area contributed by atoms with Crippen molar-refractivity contribution in [3.8, 4) is 0 Å². The van der Waals surface area contributed by atoms with E-state index < -0.39 is 15.6 Å². The Balaban J connectivity index is 0.00000484. The second-order valence-corrected chi connectivity index (χ2v) is 8.81. The monoisotopic (exact) mass is 460 g/mol. The molecule has 0 aromatic rings. The molecule has 0 aliphatic heterocycles. The molecule has 0 aromatic heterocycles. The third-order valence-corrected chi connectivity index (χ3v) is 4.64. The summed E-state index contributed by atoms with van der Waals surface area (Å²) in [6.45, 7) is 9.16. The highest BCUT2D eigenvalue weighted by atomic mass is 127. The molecule has 6 nitrogen and oxygen atoms in total. The fourth-order valence-electron chi connectivity index (χ4n) is 2.89. The van der Waals surface area contributed by atoms with Gasteiger partial charge in [0.25, 0.3) is 0 Å². The Morgan fingerprint density at radius 2 is 1.96 bits per heavy atom. The van der Waals surface area contributed by atoms with Gasteiger partial charge in [0.15, 0.2) is 5.96 Å². The number of guanidine groups is 1. The van der Waals surface area contributed by atoms with Crippen LogP contribution in [0.4, 0.5) is 0 Å². The molecule has 1 fully saturated rings. The predicted molar refractivity (Wildman–Crippen MR) is 108 cm³/mol. The molecule has 3 N–H and O–H groups in total. The van der Waals surface area contributed by atoms with Gasteiger partial charge in [-0.1, -0.05) is 19.8 Å². The van der Waals surface area contributed by atoms with Crippen LogP contribution in [0.15, 0.2) is 4.99 Å². The molecule has 2 unspecified atom stereocenters. The SMILES string of the molecule is CCNC(=NCC(C)(C)NS(C)(=O)=O)NC1CCCC(C)C1.I. The standard InChI is InChI=1S/C15H32N4O2S.HI/c1-6-16-14(18-13-9-7-8-12(2)10-13)17-11-15(3,4)19-22(5,20)21;/h12-13,19H,6-11H2,1-5H3,(H2,16,17,18);1H. The Bertz CT molecular complexity index is 480. The Kier molecular flexibility index (Phi) is 9.99. The normalized spacial score (nSPS) is 23.1. The number of hydrogen-bond acceptors (Lipinski definition) is 3. The van der Waals surface area contributed by atoms with Crippen LogP contribution in [0.3, 0.4) is 0 Å². The van der Waals surface area contributed by atoms with Gasteiger partial charge in [0.1, 0.15) is 0 Å². The average Bonchev–Trinajstić information content (AvgIpc) is 2.33. The van der Waals surface area contributed by atoms with Crippen molar-refractivity contribution in [2.75, 3.05) is 19.3 Å². The van der Waals surface area contributed by atoms with E-state index in [1.54, 1.807) is 0 Å². The lowest BCUT2D eigenvalue weighted by Crippen LogP contribution is -2.48. The second kappa shape index (κ2) is 10.0. The van der Waals surface area contributed by atoms with Gasteiger partial charge in [0.05, 0.1) is 12.8 Å². The van der Waals surface area contributed by atoms with Gasteiger partial charge < -0.3 is 10.6 Å². The van der Waals surface area contributed by atoms with Crippen LogP contribution in [-0.4, -0.2) is 45.3 Å². The first-order valence-electron chi connectivity index (χ1n) is 8.15. The summed E-state index contributed by atoms with van der Waals surface area (Å²) in [5.41, 5.74) is -0.601. The summed E-state index contributed by atoms with van der Waals surface area (Å²) in [6, 6.07) is 0.451. The van der Waals surface area contributed by atoms with E-state index in [9.17, 15) is 8.42 Å². The van der Waals surface area contributed by atoms with Gasteiger partial charge in [0.2, 0.25) is 10.0 Å². The molecular weight excluding hydrogens is 427 g/mol. The number of aliphatic imine (C=N–C) groups is 1. The van der Waals surface area contributed by atoms with E-state index >= 15 is 0 Å². The minimum absolute atomic E-state index is 0. The summed E-state index contributed by atoms with van der Waals surface area (Å²) in [6.07, 6.45) is 6.05. The van der Waals surface area contributed by atoms with Crippen molar-refractivity contribution in [1.29, 1.82) is 0 Å². The molecule has 0 spiro atoms. The molecule has 1 rings (SSSR count). The van der Waals surface area contributed by atoms with Gasteiger partial charge in [-0.15, -0.1) is 24.0 Å². The molecule has 0 saturated heterocycles. The van der Waals surface area contributed by atoms with E-state index in [2.05, 4.69) is 27.3 Å². The summed E-state index contributed by atoms with van der Waals surface area (Å²) >= 11 is 0. The third-order valence-electron chi connectivity index (χ3n) is 3.72. The number of hydrogen-bond donors (Lipinski definition) is 3. The lowest BCUT2D eigenvalue weighted by Gasteiger charge is -2.29. The van der Waals surface area contributed by atoms with Crippen LogP contribution in [0.5, 0.6) is 0 Å². The van der Waals surface area contributed by atoms with Gasteiger partial charge in [-0.25, -0.2) is 13.1 Å². The number of halogens is 1. The number of sulfonamides is 1. The second-order valence-electron chi connectivity index (χ2n) is 7.07. The topological polar surface area (TPSA) is 82.6 Å². The first-order chi connectivity index (χ1) is 10.1. The van der Waals surface area contributed by atoms with Crippen LogP contribution in [0.2, 0.25) is 0 Å². The fourth-order valence-corrected chi connectivity index (χ4v) is 3.96. The highest BCUT2D eigenvalue weighted by molar-refractivity contribution is 14.0. The molecule has 2 atom stereocenters. The molecule has 0 amide bonds. The van der Waals surface area contributed by atoms with Crippen LogP contribution in [0, 0.1) is 5.92 Å².